The van der Waals surface area contributed by atoms with Gasteiger partial charge >= 0.3 is 0 Å². The molecule has 0 aliphatic heterocycles. The van der Waals surface area contributed by atoms with Crippen LogP contribution in [0.5, 0.6) is 0 Å². The second-order valence-electron chi connectivity index (χ2n) is 3.53. The number of amides is 1. The lowest BCUT2D eigenvalue weighted by molar-refractivity contribution is -0.115. The van der Waals surface area contributed by atoms with Crippen molar-refractivity contribution in [2.45, 2.75) is 6.42 Å². The van der Waals surface area contributed by atoms with E-state index in [1.54, 1.807) is 42.7 Å². The molecule has 0 saturated carbocycles. The zero-order valence-electron chi connectivity index (χ0n) is 9.13. The SMILES string of the molecule is Nc1cccc(NC(=O)Cc2ccncc2)n1. The van der Waals surface area contributed by atoms with Crippen molar-refractivity contribution in [3.05, 3.63) is 48.3 Å². The first-order valence-electron chi connectivity index (χ1n) is 5.15. The van der Waals surface area contributed by atoms with Gasteiger partial charge in [-0.05, 0) is 29.8 Å². The van der Waals surface area contributed by atoms with Crippen LogP contribution in [0.1, 0.15) is 5.56 Å². The van der Waals surface area contributed by atoms with Crippen molar-refractivity contribution in [2.75, 3.05) is 11.1 Å². The molecule has 0 unspecified atom stereocenters. The van der Waals surface area contributed by atoms with Crippen LogP contribution in [0.2, 0.25) is 0 Å². The number of nitrogens with one attached hydrogen (secondary N) is 1. The standard InChI is InChI=1S/C12H12N4O/c13-10-2-1-3-11(15-10)16-12(17)8-9-4-6-14-7-5-9/h1-7H,8H2,(H3,13,15,16,17). The number of hydrogen-bond donors (Lipinski definition) is 2. The Morgan fingerprint density at radius 2 is 2.00 bits per heavy atom. The van der Waals surface area contributed by atoms with Gasteiger partial charge < -0.3 is 11.1 Å². The highest BCUT2D eigenvalue weighted by atomic mass is 16.1. The molecule has 3 N–H and O–H groups in total. The molecular formula is C12H12N4O. The minimum atomic E-state index is -0.130. The van der Waals surface area contributed by atoms with E-state index in [1.807, 2.05) is 0 Å². The second-order valence-corrected chi connectivity index (χ2v) is 3.53. The van der Waals surface area contributed by atoms with Gasteiger partial charge in [-0.2, -0.15) is 0 Å². The van der Waals surface area contributed by atoms with Crippen molar-refractivity contribution in [2.24, 2.45) is 0 Å². The minimum Gasteiger partial charge on any atom is -0.384 e. The maximum Gasteiger partial charge on any atom is 0.229 e. The highest BCUT2D eigenvalue weighted by molar-refractivity contribution is 5.91. The van der Waals surface area contributed by atoms with Gasteiger partial charge in [-0.1, -0.05) is 6.07 Å². The summed E-state index contributed by atoms with van der Waals surface area (Å²) in [5.74, 6) is 0.713. The Hall–Kier alpha value is -2.43. The Balaban J connectivity index is 1.98. The van der Waals surface area contributed by atoms with Crippen LogP contribution in [0, 0.1) is 0 Å². The summed E-state index contributed by atoms with van der Waals surface area (Å²) in [4.78, 5) is 19.6. The Morgan fingerprint density at radius 3 is 2.71 bits per heavy atom. The molecule has 0 aliphatic rings. The largest absolute Gasteiger partial charge is 0.384 e. The number of carbonyl (C=O) groups excluding carboxylic acids is 1. The monoisotopic (exact) mass is 228 g/mol. The van der Waals surface area contributed by atoms with Gasteiger partial charge in [0.1, 0.15) is 11.6 Å². The number of rotatable bonds is 3. The number of pyridine rings is 2. The predicted octanol–water partition coefficient (Wildman–Crippen LogP) is 1.24. The number of aromatic nitrogens is 2. The van der Waals surface area contributed by atoms with E-state index < -0.39 is 0 Å². The van der Waals surface area contributed by atoms with E-state index in [-0.39, 0.29) is 5.91 Å². The third-order valence-corrected chi connectivity index (χ3v) is 2.15. The lowest BCUT2D eigenvalue weighted by Gasteiger charge is -2.04. The number of anilines is 2. The van der Waals surface area contributed by atoms with Crippen LogP contribution < -0.4 is 11.1 Å². The van der Waals surface area contributed by atoms with E-state index in [0.29, 0.717) is 18.1 Å². The minimum absolute atomic E-state index is 0.130. The van der Waals surface area contributed by atoms with Crippen molar-refractivity contribution in [3.63, 3.8) is 0 Å². The summed E-state index contributed by atoms with van der Waals surface area (Å²) in [6.45, 7) is 0. The lowest BCUT2D eigenvalue weighted by atomic mass is 10.2. The molecule has 1 amide bonds. The van der Waals surface area contributed by atoms with E-state index >= 15 is 0 Å². The molecule has 0 bridgehead atoms. The number of nitrogen functional groups attached to an aromatic ring is 1. The van der Waals surface area contributed by atoms with Crippen molar-refractivity contribution in [1.29, 1.82) is 0 Å². The fourth-order valence-electron chi connectivity index (χ4n) is 1.39. The third kappa shape index (κ3) is 3.27. The molecule has 86 valence electrons. The van der Waals surface area contributed by atoms with E-state index in [2.05, 4.69) is 15.3 Å². The average Bonchev–Trinajstić information content (AvgIpc) is 2.30. The summed E-state index contributed by atoms with van der Waals surface area (Å²) in [5.41, 5.74) is 6.42. The first kappa shape index (κ1) is 11.1. The Morgan fingerprint density at radius 1 is 1.24 bits per heavy atom. The molecule has 2 rings (SSSR count). The molecule has 5 nitrogen and oxygen atoms in total. The van der Waals surface area contributed by atoms with Crippen LogP contribution >= 0.6 is 0 Å². The Labute approximate surface area is 98.7 Å². The van der Waals surface area contributed by atoms with Gasteiger partial charge in [0.15, 0.2) is 0 Å². The van der Waals surface area contributed by atoms with Gasteiger partial charge in [0.25, 0.3) is 0 Å². The van der Waals surface area contributed by atoms with Gasteiger partial charge in [0, 0.05) is 12.4 Å². The first-order chi connectivity index (χ1) is 8.24. The first-order valence-corrected chi connectivity index (χ1v) is 5.15. The van der Waals surface area contributed by atoms with Gasteiger partial charge in [-0.25, -0.2) is 4.98 Å². The van der Waals surface area contributed by atoms with E-state index in [0.717, 1.165) is 5.56 Å². The van der Waals surface area contributed by atoms with Crippen molar-refractivity contribution in [3.8, 4) is 0 Å². The zero-order chi connectivity index (χ0) is 12.1. The summed E-state index contributed by atoms with van der Waals surface area (Å²) in [7, 11) is 0. The van der Waals surface area contributed by atoms with Crippen molar-refractivity contribution >= 4 is 17.5 Å². The quantitative estimate of drug-likeness (QED) is 0.828. The smallest absolute Gasteiger partial charge is 0.229 e. The molecule has 17 heavy (non-hydrogen) atoms. The Bertz CT molecular complexity index is 513. The molecule has 0 atom stereocenters. The van der Waals surface area contributed by atoms with Crippen LogP contribution in [-0.4, -0.2) is 15.9 Å². The number of carbonyl (C=O) groups is 1. The van der Waals surface area contributed by atoms with E-state index in [4.69, 9.17) is 5.73 Å². The summed E-state index contributed by atoms with van der Waals surface area (Å²) in [5, 5.41) is 2.68. The van der Waals surface area contributed by atoms with Crippen LogP contribution in [0.4, 0.5) is 11.6 Å². The molecule has 0 radical (unpaired) electrons. The Kier molecular flexibility index (Phi) is 3.30. The molecule has 0 aromatic carbocycles. The number of hydrogen-bond acceptors (Lipinski definition) is 4. The molecule has 0 saturated heterocycles. The molecule has 5 heteroatoms. The molecule has 2 aromatic heterocycles. The molecule has 2 heterocycles. The van der Waals surface area contributed by atoms with Crippen molar-refractivity contribution < 1.29 is 4.79 Å². The highest BCUT2D eigenvalue weighted by Crippen LogP contribution is 2.06. The topological polar surface area (TPSA) is 80.9 Å². The maximum atomic E-state index is 11.7. The molecule has 0 fully saturated rings. The fraction of sp³-hybridized carbons (Fsp3) is 0.0833. The summed E-state index contributed by atoms with van der Waals surface area (Å²) in [6, 6.07) is 8.70. The molecule has 0 spiro atoms. The van der Waals surface area contributed by atoms with E-state index in [9.17, 15) is 4.79 Å². The molecule has 0 aliphatic carbocycles. The van der Waals surface area contributed by atoms with Gasteiger partial charge in [-0.15, -0.1) is 0 Å². The third-order valence-electron chi connectivity index (χ3n) is 2.15. The van der Waals surface area contributed by atoms with Crippen LogP contribution in [0.15, 0.2) is 42.7 Å². The summed E-state index contributed by atoms with van der Waals surface area (Å²) >= 11 is 0. The lowest BCUT2D eigenvalue weighted by Crippen LogP contribution is -2.15. The summed E-state index contributed by atoms with van der Waals surface area (Å²) in [6.07, 6.45) is 3.60. The van der Waals surface area contributed by atoms with Gasteiger partial charge in [0.2, 0.25) is 5.91 Å². The average molecular weight is 228 g/mol. The van der Waals surface area contributed by atoms with Gasteiger partial charge in [-0.3, -0.25) is 9.78 Å². The van der Waals surface area contributed by atoms with Crippen LogP contribution in [0.25, 0.3) is 0 Å². The number of nitrogens with zero attached hydrogens (tertiary/aromatic N) is 2. The van der Waals surface area contributed by atoms with Crippen molar-refractivity contribution in [1.82, 2.24) is 9.97 Å². The highest BCUT2D eigenvalue weighted by Gasteiger charge is 2.04. The van der Waals surface area contributed by atoms with Crippen LogP contribution in [-0.2, 0) is 11.2 Å². The maximum absolute atomic E-state index is 11.7. The second kappa shape index (κ2) is 5.07. The van der Waals surface area contributed by atoms with E-state index in [1.165, 1.54) is 0 Å². The summed E-state index contributed by atoms with van der Waals surface area (Å²) < 4.78 is 0. The molecular weight excluding hydrogens is 216 g/mol. The normalized spacial score (nSPS) is 9.88. The fourth-order valence-corrected chi connectivity index (χ4v) is 1.39. The van der Waals surface area contributed by atoms with Gasteiger partial charge in [0.05, 0.1) is 6.42 Å². The molecule has 2 aromatic rings. The zero-order valence-corrected chi connectivity index (χ0v) is 9.13. The number of nitrogens with two attached hydrogens (primary N) is 1. The predicted molar refractivity (Wildman–Crippen MR) is 65.2 cm³/mol. The van der Waals surface area contributed by atoms with Crippen LogP contribution in [0.3, 0.4) is 0 Å².